The fourth-order valence-corrected chi connectivity index (χ4v) is 3.01. The topological polar surface area (TPSA) is 69.0 Å². The van der Waals surface area contributed by atoms with Crippen molar-refractivity contribution in [3.63, 3.8) is 0 Å². The number of anilines is 1. The average Bonchev–Trinajstić information content (AvgIpc) is 3.13. The maximum atomic E-state index is 13.7. The first-order valence-electron chi connectivity index (χ1n) is 9.07. The summed E-state index contributed by atoms with van der Waals surface area (Å²) in [6, 6.07) is 17.5. The van der Waals surface area contributed by atoms with Gasteiger partial charge in [-0.25, -0.2) is 9.07 Å². The molecule has 0 aliphatic carbocycles. The number of carbonyl (C=O) groups is 1. The quantitative estimate of drug-likeness (QED) is 0.555. The third kappa shape index (κ3) is 3.94. The summed E-state index contributed by atoms with van der Waals surface area (Å²) in [6.45, 7) is 2.22. The highest BCUT2D eigenvalue weighted by Crippen LogP contribution is 2.19. The maximum Gasteiger partial charge on any atom is 0.255 e. The van der Waals surface area contributed by atoms with Crippen molar-refractivity contribution in [3.05, 3.63) is 83.2 Å². The molecule has 1 amide bonds. The normalized spacial score (nSPS) is 10.9. The van der Waals surface area contributed by atoms with Gasteiger partial charge in [-0.2, -0.15) is 0 Å². The van der Waals surface area contributed by atoms with Gasteiger partial charge in [0.15, 0.2) is 0 Å². The predicted octanol–water partition coefficient (Wildman–Crippen LogP) is 4.19. The molecular formula is C22H19FN4O2. The van der Waals surface area contributed by atoms with Crippen LogP contribution < -0.4 is 10.1 Å². The molecule has 0 aliphatic heterocycles. The van der Waals surface area contributed by atoms with Gasteiger partial charge in [0.05, 0.1) is 19.2 Å². The van der Waals surface area contributed by atoms with E-state index < -0.39 is 0 Å². The van der Waals surface area contributed by atoms with E-state index in [9.17, 15) is 9.18 Å². The van der Waals surface area contributed by atoms with Gasteiger partial charge in [-0.15, -0.1) is 5.10 Å². The lowest BCUT2D eigenvalue weighted by Crippen LogP contribution is -2.12. The molecule has 6 nitrogen and oxygen atoms in total. The zero-order chi connectivity index (χ0) is 20.4. The van der Waals surface area contributed by atoms with Crippen molar-refractivity contribution in [1.29, 1.82) is 0 Å². The van der Waals surface area contributed by atoms with Crippen LogP contribution in [-0.2, 0) is 6.54 Å². The number of halogens is 1. The molecular weight excluding hydrogens is 371 g/mol. The molecule has 29 heavy (non-hydrogen) atoms. The number of amides is 1. The number of ether oxygens (including phenoxy) is 1. The summed E-state index contributed by atoms with van der Waals surface area (Å²) in [4.78, 5) is 12.5. The van der Waals surface area contributed by atoms with Crippen LogP contribution in [0.4, 0.5) is 10.1 Å². The van der Waals surface area contributed by atoms with Crippen LogP contribution in [0.2, 0.25) is 0 Å². The summed E-state index contributed by atoms with van der Waals surface area (Å²) >= 11 is 0. The van der Waals surface area contributed by atoms with Crippen LogP contribution in [0.1, 0.15) is 21.5 Å². The van der Waals surface area contributed by atoms with Gasteiger partial charge in [0.25, 0.3) is 5.91 Å². The van der Waals surface area contributed by atoms with Crippen molar-refractivity contribution in [2.45, 2.75) is 13.5 Å². The zero-order valence-corrected chi connectivity index (χ0v) is 16.0. The molecule has 0 atom stereocenters. The molecule has 0 saturated heterocycles. The van der Waals surface area contributed by atoms with Crippen LogP contribution in [0.15, 0.2) is 60.7 Å². The highest BCUT2D eigenvalue weighted by molar-refractivity contribution is 6.05. The Morgan fingerprint density at radius 2 is 1.90 bits per heavy atom. The molecule has 146 valence electrons. The number of aryl methyl sites for hydroxylation is 1. The first-order chi connectivity index (χ1) is 14.0. The molecule has 3 aromatic carbocycles. The summed E-state index contributed by atoms with van der Waals surface area (Å²) < 4.78 is 20.6. The van der Waals surface area contributed by atoms with Crippen LogP contribution in [0, 0.1) is 12.7 Å². The first-order valence-corrected chi connectivity index (χ1v) is 9.07. The van der Waals surface area contributed by atoms with E-state index in [1.165, 1.54) is 6.07 Å². The molecule has 0 aliphatic rings. The van der Waals surface area contributed by atoms with Gasteiger partial charge in [-0.1, -0.05) is 23.4 Å². The second-order valence-electron chi connectivity index (χ2n) is 6.72. The Bertz CT molecular complexity index is 1190. The molecule has 0 radical (unpaired) electrons. The molecule has 0 spiro atoms. The van der Waals surface area contributed by atoms with Crippen molar-refractivity contribution in [3.8, 4) is 5.75 Å². The zero-order valence-electron chi connectivity index (χ0n) is 16.0. The van der Waals surface area contributed by atoms with E-state index in [0.717, 1.165) is 16.8 Å². The summed E-state index contributed by atoms with van der Waals surface area (Å²) in [5.41, 5.74) is 3.84. The molecule has 4 aromatic rings. The Hall–Kier alpha value is -3.74. The fourth-order valence-electron chi connectivity index (χ4n) is 3.01. The van der Waals surface area contributed by atoms with Crippen LogP contribution in [-0.4, -0.2) is 28.0 Å². The lowest BCUT2D eigenvalue weighted by Gasteiger charge is -2.07. The maximum absolute atomic E-state index is 13.7. The smallest absolute Gasteiger partial charge is 0.255 e. The molecule has 1 aromatic heterocycles. The molecule has 0 unspecified atom stereocenters. The number of nitrogens with zero attached hydrogens (tertiary/aromatic N) is 3. The Labute approximate surface area is 166 Å². The van der Waals surface area contributed by atoms with Crippen LogP contribution in [0.25, 0.3) is 11.0 Å². The van der Waals surface area contributed by atoms with Gasteiger partial charge < -0.3 is 10.1 Å². The molecule has 1 N–H and O–H groups in total. The predicted molar refractivity (Wildman–Crippen MR) is 109 cm³/mol. The molecule has 0 fully saturated rings. The molecule has 1 heterocycles. The first kappa shape index (κ1) is 18.6. The molecule has 7 heteroatoms. The number of rotatable bonds is 5. The number of carbonyl (C=O) groups excluding carboxylic acids is 1. The third-order valence-corrected chi connectivity index (χ3v) is 4.70. The van der Waals surface area contributed by atoms with Crippen molar-refractivity contribution in [2.24, 2.45) is 0 Å². The van der Waals surface area contributed by atoms with Crippen LogP contribution >= 0.6 is 0 Å². The standard InChI is InChI=1S/C22H19FN4O2/c1-14-3-7-17(12-19(14)23)24-22(28)16-6-10-21-20(11-16)25-26-27(21)13-15-4-8-18(29-2)9-5-15/h3-12H,13H2,1-2H3,(H,24,28). The van der Waals surface area contributed by atoms with E-state index in [4.69, 9.17) is 4.74 Å². The molecule has 4 rings (SSSR count). The number of aromatic nitrogens is 3. The van der Waals surface area contributed by atoms with E-state index in [1.54, 1.807) is 43.0 Å². The third-order valence-electron chi connectivity index (χ3n) is 4.70. The Morgan fingerprint density at radius 3 is 2.62 bits per heavy atom. The van der Waals surface area contributed by atoms with Crippen molar-refractivity contribution < 1.29 is 13.9 Å². The highest BCUT2D eigenvalue weighted by Gasteiger charge is 2.12. The summed E-state index contributed by atoms with van der Waals surface area (Å²) in [7, 11) is 1.63. The Balaban J connectivity index is 1.53. The van der Waals surface area contributed by atoms with E-state index >= 15 is 0 Å². The van der Waals surface area contributed by atoms with Gasteiger partial charge >= 0.3 is 0 Å². The van der Waals surface area contributed by atoms with Gasteiger partial charge in [-0.3, -0.25) is 4.79 Å². The Kier molecular flexibility index (Phi) is 4.95. The highest BCUT2D eigenvalue weighted by atomic mass is 19.1. The number of fused-ring (bicyclic) bond motifs is 1. The van der Waals surface area contributed by atoms with Crippen LogP contribution in [0.3, 0.4) is 0 Å². The second kappa shape index (κ2) is 7.71. The van der Waals surface area contributed by atoms with Crippen molar-refractivity contribution in [1.82, 2.24) is 15.0 Å². The van der Waals surface area contributed by atoms with Gasteiger partial charge in [0.1, 0.15) is 17.1 Å². The monoisotopic (exact) mass is 390 g/mol. The average molecular weight is 390 g/mol. The van der Waals surface area contributed by atoms with E-state index in [0.29, 0.717) is 28.9 Å². The molecule has 0 bridgehead atoms. The largest absolute Gasteiger partial charge is 0.497 e. The van der Waals surface area contributed by atoms with E-state index in [-0.39, 0.29) is 11.7 Å². The van der Waals surface area contributed by atoms with Gasteiger partial charge in [-0.05, 0) is 60.5 Å². The minimum Gasteiger partial charge on any atom is -0.497 e. The summed E-state index contributed by atoms with van der Waals surface area (Å²) in [5.74, 6) is 0.0981. The SMILES string of the molecule is COc1ccc(Cn2nnc3cc(C(=O)Nc4ccc(C)c(F)c4)ccc32)cc1. The van der Waals surface area contributed by atoms with Crippen molar-refractivity contribution in [2.75, 3.05) is 12.4 Å². The number of nitrogens with one attached hydrogen (secondary N) is 1. The number of benzene rings is 3. The minimum atomic E-state index is -0.361. The Morgan fingerprint density at radius 1 is 1.10 bits per heavy atom. The lowest BCUT2D eigenvalue weighted by molar-refractivity contribution is 0.102. The molecule has 0 saturated carbocycles. The minimum absolute atomic E-state index is 0.333. The van der Waals surface area contributed by atoms with Crippen LogP contribution in [0.5, 0.6) is 5.75 Å². The number of hydrogen-bond donors (Lipinski definition) is 1. The fraction of sp³-hybridized carbons (Fsp3) is 0.136. The summed E-state index contributed by atoms with van der Waals surface area (Å²) in [6.07, 6.45) is 0. The van der Waals surface area contributed by atoms with E-state index in [2.05, 4.69) is 15.6 Å². The van der Waals surface area contributed by atoms with Gasteiger partial charge in [0.2, 0.25) is 0 Å². The number of methoxy groups -OCH3 is 1. The number of hydrogen-bond acceptors (Lipinski definition) is 4. The van der Waals surface area contributed by atoms with E-state index in [1.807, 2.05) is 30.3 Å². The summed E-state index contributed by atoms with van der Waals surface area (Å²) in [5, 5.41) is 11.1. The van der Waals surface area contributed by atoms with Gasteiger partial charge in [0, 0.05) is 11.3 Å². The second-order valence-corrected chi connectivity index (χ2v) is 6.72. The lowest BCUT2D eigenvalue weighted by atomic mass is 10.1. The van der Waals surface area contributed by atoms with Crippen molar-refractivity contribution >= 4 is 22.6 Å².